The van der Waals surface area contributed by atoms with Crippen LogP contribution in [0.4, 0.5) is 0 Å². The van der Waals surface area contributed by atoms with Crippen molar-refractivity contribution in [3.8, 4) is 0 Å². The first-order valence-electron chi connectivity index (χ1n) is 7.49. The smallest absolute Gasteiger partial charge is 0.111 e. The van der Waals surface area contributed by atoms with Crippen LogP contribution < -0.4 is 5.73 Å². The highest BCUT2D eigenvalue weighted by atomic mass is 32.2. The van der Waals surface area contributed by atoms with E-state index in [-0.39, 0.29) is 6.04 Å². The molecule has 0 saturated carbocycles. The molecule has 3 nitrogen and oxygen atoms in total. The zero-order valence-electron chi connectivity index (χ0n) is 12.8. The van der Waals surface area contributed by atoms with Crippen molar-refractivity contribution in [1.82, 2.24) is 9.55 Å². The first-order valence-corrected chi connectivity index (χ1v) is 9.48. The molecule has 0 aliphatic carbocycles. The van der Waals surface area contributed by atoms with Gasteiger partial charge in [0.05, 0.1) is 11.0 Å². The van der Waals surface area contributed by atoms with E-state index in [0.29, 0.717) is 10.5 Å². The summed E-state index contributed by atoms with van der Waals surface area (Å²) in [4.78, 5) is 4.75. The first kappa shape index (κ1) is 15.3. The third-order valence-electron chi connectivity index (χ3n) is 4.35. The number of hydrogen-bond donors (Lipinski definition) is 1. The Balaban J connectivity index is 1.74. The molecule has 114 valence electrons. The van der Waals surface area contributed by atoms with Crippen LogP contribution in [0, 0.1) is 0 Å². The van der Waals surface area contributed by atoms with Crippen molar-refractivity contribution in [3.63, 3.8) is 0 Å². The van der Waals surface area contributed by atoms with Gasteiger partial charge in [0.2, 0.25) is 0 Å². The van der Waals surface area contributed by atoms with E-state index < -0.39 is 0 Å². The van der Waals surface area contributed by atoms with E-state index in [1.54, 1.807) is 0 Å². The van der Waals surface area contributed by atoms with Crippen LogP contribution in [-0.4, -0.2) is 37.1 Å². The molecule has 2 heterocycles. The lowest BCUT2D eigenvalue weighted by Crippen LogP contribution is -2.41. The number of aromatic nitrogens is 2. The Morgan fingerprint density at radius 2 is 2.10 bits per heavy atom. The summed E-state index contributed by atoms with van der Waals surface area (Å²) in [7, 11) is 2.09. The SMILES string of the molecule is CC1SCC(C(N)Cc2nc3ccccc3n2C)SC1C. The fourth-order valence-electron chi connectivity index (χ4n) is 2.75. The third-order valence-corrected chi connectivity index (χ3v) is 7.92. The summed E-state index contributed by atoms with van der Waals surface area (Å²) in [6, 6.07) is 8.46. The van der Waals surface area contributed by atoms with E-state index in [9.17, 15) is 0 Å². The second-order valence-corrected chi connectivity index (χ2v) is 8.89. The van der Waals surface area contributed by atoms with E-state index >= 15 is 0 Å². The zero-order valence-corrected chi connectivity index (χ0v) is 14.5. The summed E-state index contributed by atoms with van der Waals surface area (Å²) in [6.45, 7) is 4.63. The van der Waals surface area contributed by atoms with Gasteiger partial charge in [-0.1, -0.05) is 26.0 Å². The number of hydrogen-bond acceptors (Lipinski definition) is 4. The van der Waals surface area contributed by atoms with Crippen LogP contribution in [0.5, 0.6) is 0 Å². The minimum atomic E-state index is 0.174. The van der Waals surface area contributed by atoms with Gasteiger partial charge in [-0.15, -0.1) is 0 Å². The summed E-state index contributed by atoms with van der Waals surface area (Å²) in [5.41, 5.74) is 8.74. The van der Waals surface area contributed by atoms with Crippen molar-refractivity contribution in [2.45, 2.75) is 42.1 Å². The zero-order chi connectivity index (χ0) is 15.0. The molecule has 1 aliphatic heterocycles. The Bertz CT molecular complexity index is 625. The van der Waals surface area contributed by atoms with E-state index in [1.165, 1.54) is 5.52 Å². The molecule has 0 amide bonds. The van der Waals surface area contributed by atoms with E-state index in [0.717, 1.165) is 28.8 Å². The summed E-state index contributed by atoms with van der Waals surface area (Å²) >= 11 is 4.11. The number of fused-ring (bicyclic) bond motifs is 1. The van der Waals surface area contributed by atoms with Crippen molar-refractivity contribution >= 4 is 34.6 Å². The van der Waals surface area contributed by atoms with Crippen LogP contribution in [0.2, 0.25) is 0 Å². The number of thioether (sulfide) groups is 2. The predicted octanol–water partition coefficient (Wildman–Crippen LogP) is 3.07. The molecule has 0 radical (unpaired) electrons. The second-order valence-electron chi connectivity index (χ2n) is 5.86. The van der Waals surface area contributed by atoms with E-state index in [4.69, 9.17) is 10.7 Å². The molecule has 3 rings (SSSR count). The summed E-state index contributed by atoms with van der Waals surface area (Å²) < 4.78 is 2.18. The Morgan fingerprint density at radius 3 is 2.81 bits per heavy atom. The minimum Gasteiger partial charge on any atom is -0.331 e. The largest absolute Gasteiger partial charge is 0.331 e. The Hall–Kier alpha value is -0.650. The fourth-order valence-corrected chi connectivity index (χ4v) is 5.81. The average Bonchev–Trinajstić information content (AvgIpc) is 2.79. The highest BCUT2D eigenvalue weighted by Crippen LogP contribution is 2.37. The number of benzene rings is 1. The highest BCUT2D eigenvalue weighted by molar-refractivity contribution is 8.07. The van der Waals surface area contributed by atoms with Gasteiger partial charge in [-0.05, 0) is 12.1 Å². The molecule has 2 aromatic rings. The maximum atomic E-state index is 6.49. The van der Waals surface area contributed by atoms with Gasteiger partial charge >= 0.3 is 0 Å². The maximum Gasteiger partial charge on any atom is 0.111 e. The topological polar surface area (TPSA) is 43.8 Å². The van der Waals surface area contributed by atoms with Gasteiger partial charge in [0.1, 0.15) is 5.82 Å². The van der Waals surface area contributed by atoms with Crippen molar-refractivity contribution < 1.29 is 0 Å². The molecule has 5 heteroatoms. The van der Waals surface area contributed by atoms with Gasteiger partial charge in [0, 0.05) is 41.0 Å². The Morgan fingerprint density at radius 1 is 1.33 bits per heavy atom. The maximum absolute atomic E-state index is 6.49. The van der Waals surface area contributed by atoms with Gasteiger partial charge in [0.15, 0.2) is 0 Å². The van der Waals surface area contributed by atoms with E-state index in [1.807, 2.05) is 6.07 Å². The molecular weight excluding hydrogens is 298 g/mol. The van der Waals surface area contributed by atoms with Gasteiger partial charge in [0.25, 0.3) is 0 Å². The molecule has 21 heavy (non-hydrogen) atoms. The van der Waals surface area contributed by atoms with Crippen LogP contribution in [0.1, 0.15) is 19.7 Å². The van der Waals surface area contributed by atoms with Crippen molar-refractivity contribution in [1.29, 1.82) is 0 Å². The molecule has 4 atom stereocenters. The van der Waals surface area contributed by atoms with Gasteiger partial charge < -0.3 is 10.3 Å². The Labute approximate surface area is 135 Å². The summed E-state index contributed by atoms with van der Waals surface area (Å²) in [5, 5.41) is 1.94. The lowest BCUT2D eigenvalue weighted by Gasteiger charge is -2.34. The van der Waals surface area contributed by atoms with E-state index in [2.05, 4.69) is 67.2 Å². The number of nitrogens with two attached hydrogens (primary N) is 1. The third kappa shape index (κ3) is 3.10. The van der Waals surface area contributed by atoms with Gasteiger partial charge in [-0.25, -0.2) is 4.98 Å². The van der Waals surface area contributed by atoms with Crippen LogP contribution in [0.15, 0.2) is 24.3 Å². The van der Waals surface area contributed by atoms with Gasteiger partial charge in [-0.3, -0.25) is 0 Å². The fraction of sp³-hybridized carbons (Fsp3) is 0.562. The predicted molar refractivity (Wildman–Crippen MR) is 95.2 cm³/mol. The highest BCUT2D eigenvalue weighted by Gasteiger charge is 2.30. The number of aryl methyl sites for hydroxylation is 1. The molecule has 1 aromatic heterocycles. The lowest BCUT2D eigenvalue weighted by atomic mass is 10.1. The Kier molecular flexibility index (Phi) is 4.52. The second kappa shape index (κ2) is 6.23. The quantitative estimate of drug-likeness (QED) is 0.943. The van der Waals surface area contributed by atoms with Crippen molar-refractivity contribution in [2.24, 2.45) is 12.8 Å². The minimum absolute atomic E-state index is 0.174. The molecule has 0 bridgehead atoms. The average molecular weight is 322 g/mol. The normalized spacial score (nSPS) is 27.9. The molecule has 0 spiro atoms. The molecule has 1 aromatic carbocycles. The number of nitrogens with zero attached hydrogens (tertiary/aromatic N) is 2. The van der Waals surface area contributed by atoms with Crippen LogP contribution in [-0.2, 0) is 13.5 Å². The van der Waals surface area contributed by atoms with Crippen LogP contribution in [0.3, 0.4) is 0 Å². The first-order chi connectivity index (χ1) is 10.1. The number of para-hydroxylation sites is 2. The summed E-state index contributed by atoms with van der Waals surface area (Å²) in [6.07, 6.45) is 0.852. The molecule has 1 saturated heterocycles. The van der Waals surface area contributed by atoms with Crippen LogP contribution >= 0.6 is 23.5 Å². The lowest BCUT2D eigenvalue weighted by molar-refractivity contribution is 0.621. The molecule has 1 aliphatic rings. The summed E-state index contributed by atoms with van der Waals surface area (Å²) in [5.74, 6) is 2.25. The monoisotopic (exact) mass is 321 g/mol. The van der Waals surface area contributed by atoms with Crippen molar-refractivity contribution in [2.75, 3.05) is 5.75 Å². The van der Waals surface area contributed by atoms with Crippen LogP contribution in [0.25, 0.3) is 11.0 Å². The molecule has 1 fully saturated rings. The van der Waals surface area contributed by atoms with Crippen molar-refractivity contribution in [3.05, 3.63) is 30.1 Å². The number of rotatable bonds is 3. The van der Waals surface area contributed by atoms with Gasteiger partial charge in [-0.2, -0.15) is 23.5 Å². The molecule has 4 unspecified atom stereocenters. The number of imidazole rings is 1. The standard InChI is InChI=1S/C16H23N3S2/c1-10-11(2)21-15(9-20-10)12(17)8-16-18-13-6-4-5-7-14(13)19(16)3/h4-7,10-12,15H,8-9,17H2,1-3H3. The molecular formula is C16H23N3S2. The molecule has 2 N–H and O–H groups in total.